The molecule has 0 aromatic rings. The average Bonchev–Trinajstić information content (AvgIpc) is 2.30. The second kappa shape index (κ2) is 4.87. The Balaban J connectivity index is 2.60. The van der Waals surface area contributed by atoms with Crippen molar-refractivity contribution in [2.75, 3.05) is 19.6 Å². The van der Waals surface area contributed by atoms with E-state index in [1.54, 1.807) is 0 Å². The zero-order valence-electron chi connectivity index (χ0n) is 6.97. The molecule has 1 N–H and O–H groups in total. The van der Waals surface area contributed by atoms with Crippen LogP contribution < -0.4 is 5.32 Å². The zero-order valence-corrected chi connectivity index (χ0v) is 8.56. The Morgan fingerprint density at radius 2 is 2.38 bits per heavy atom. The Kier molecular flexibility index (Phi) is 3.77. The monoisotopic (exact) mass is 244 g/mol. The number of hydrogen-bond acceptors (Lipinski definition) is 2. The van der Waals surface area contributed by atoms with Crippen LogP contribution in [-0.2, 0) is 9.59 Å². The van der Waals surface area contributed by atoms with E-state index < -0.39 is 0 Å². The van der Waals surface area contributed by atoms with E-state index in [0.29, 0.717) is 13.1 Å². The predicted molar refractivity (Wildman–Crippen MR) is 50.9 cm³/mol. The first-order valence-electron chi connectivity index (χ1n) is 3.91. The summed E-state index contributed by atoms with van der Waals surface area (Å²) in [4.78, 5) is 26.1. The van der Waals surface area contributed by atoms with Gasteiger partial charge in [0.2, 0.25) is 5.91 Å². The standard InChI is InChI=1S/C8H9BrN2O2/c9-3-2-8(13)11-5-1-4-10-7(12)6-11/h1,4-6H2,(H,10,12). The summed E-state index contributed by atoms with van der Waals surface area (Å²) in [7, 11) is 0. The third kappa shape index (κ3) is 3.07. The summed E-state index contributed by atoms with van der Waals surface area (Å²) in [5.41, 5.74) is 0. The molecule has 0 bridgehead atoms. The second-order valence-corrected chi connectivity index (χ2v) is 3.05. The van der Waals surface area contributed by atoms with E-state index in [4.69, 9.17) is 0 Å². The molecule has 0 aliphatic carbocycles. The Labute approximate surface area is 84.8 Å². The number of nitrogens with one attached hydrogen (secondary N) is 1. The number of halogens is 1. The van der Waals surface area contributed by atoms with Gasteiger partial charge < -0.3 is 10.2 Å². The van der Waals surface area contributed by atoms with Crippen molar-refractivity contribution in [3.63, 3.8) is 0 Å². The molecule has 1 heterocycles. The van der Waals surface area contributed by atoms with Crippen molar-refractivity contribution in [3.05, 3.63) is 0 Å². The van der Waals surface area contributed by atoms with Gasteiger partial charge in [0.15, 0.2) is 0 Å². The molecule has 1 aliphatic rings. The van der Waals surface area contributed by atoms with Crippen LogP contribution in [0.3, 0.4) is 0 Å². The zero-order chi connectivity index (χ0) is 9.68. The first kappa shape index (κ1) is 10.1. The maximum atomic E-state index is 11.2. The van der Waals surface area contributed by atoms with E-state index in [1.807, 2.05) is 0 Å². The van der Waals surface area contributed by atoms with Crippen molar-refractivity contribution < 1.29 is 9.59 Å². The third-order valence-corrected chi connectivity index (χ3v) is 1.90. The SMILES string of the molecule is O=C1CN(C(=O)C#CBr)CCCN1. The summed E-state index contributed by atoms with van der Waals surface area (Å²) < 4.78 is 0. The van der Waals surface area contributed by atoms with Crippen LogP contribution in [0.2, 0.25) is 0 Å². The Morgan fingerprint density at radius 1 is 1.62 bits per heavy atom. The highest BCUT2D eigenvalue weighted by molar-refractivity contribution is 9.12. The van der Waals surface area contributed by atoms with Gasteiger partial charge in [-0.15, -0.1) is 0 Å². The van der Waals surface area contributed by atoms with Gasteiger partial charge in [-0.1, -0.05) is 0 Å². The highest BCUT2D eigenvalue weighted by Gasteiger charge is 2.17. The number of carbonyl (C=O) groups excluding carboxylic acids is 2. The van der Waals surface area contributed by atoms with Gasteiger partial charge in [0.25, 0.3) is 5.91 Å². The van der Waals surface area contributed by atoms with Crippen LogP contribution in [0.15, 0.2) is 0 Å². The van der Waals surface area contributed by atoms with Crippen LogP contribution >= 0.6 is 15.9 Å². The first-order chi connectivity index (χ1) is 6.24. The van der Waals surface area contributed by atoms with Gasteiger partial charge >= 0.3 is 0 Å². The van der Waals surface area contributed by atoms with Crippen molar-refractivity contribution in [2.24, 2.45) is 0 Å². The number of carbonyl (C=O) groups is 2. The van der Waals surface area contributed by atoms with Crippen LogP contribution in [0.1, 0.15) is 6.42 Å². The molecule has 0 spiro atoms. The van der Waals surface area contributed by atoms with Crippen LogP contribution in [0, 0.1) is 10.8 Å². The minimum atomic E-state index is -0.311. The topological polar surface area (TPSA) is 49.4 Å². The van der Waals surface area contributed by atoms with Gasteiger partial charge in [0, 0.05) is 34.9 Å². The summed E-state index contributed by atoms with van der Waals surface area (Å²) in [5, 5.41) is 2.68. The molecule has 13 heavy (non-hydrogen) atoms. The molecular weight excluding hydrogens is 236 g/mol. The van der Waals surface area contributed by atoms with Crippen molar-refractivity contribution in [1.29, 1.82) is 0 Å². The van der Waals surface area contributed by atoms with Crippen molar-refractivity contribution in [1.82, 2.24) is 10.2 Å². The number of rotatable bonds is 0. The summed E-state index contributed by atoms with van der Waals surface area (Å²) in [5.74, 6) is 1.90. The number of amides is 2. The minimum absolute atomic E-state index is 0.112. The van der Waals surface area contributed by atoms with Gasteiger partial charge in [-0.25, -0.2) is 0 Å². The predicted octanol–water partition coefficient (Wildman–Crippen LogP) is -0.309. The van der Waals surface area contributed by atoms with Crippen LogP contribution in [0.25, 0.3) is 0 Å². The maximum absolute atomic E-state index is 11.2. The van der Waals surface area contributed by atoms with Gasteiger partial charge in [-0.05, 0) is 11.3 Å². The molecular formula is C8H9BrN2O2. The van der Waals surface area contributed by atoms with Crippen LogP contribution in [-0.4, -0.2) is 36.3 Å². The lowest BCUT2D eigenvalue weighted by atomic mass is 10.4. The van der Waals surface area contributed by atoms with Crippen molar-refractivity contribution >= 4 is 27.7 Å². The molecule has 0 saturated carbocycles. The summed E-state index contributed by atoms with van der Waals surface area (Å²) in [6.07, 6.45) is 0.779. The molecule has 70 valence electrons. The van der Waals surface area contributed by atoms with E-state index in [9.17, 15) is 9.59 Å². The molecule has 1 rings (SSSR count). The highest BCUT2D eigenvalue weighted by Crippen LogP contribution is 1.96. The largest absolute Gasteiger partial charge is 0.354 e. The second-order valence-electron chi connectivity index (χ2n) is 2.65. The van der Waals surface area contributed by atoms with E-state index in [2.05, 4.69) is 32.0 Å². The molecule has 1 aliphatic heterocycles. The van der Waals surface area contributed by atoms with Crippen molar-refractivity contribution in [3.8, 4) is 10.8 Å². The lowest BCUT2D eigenvalue weighted by molar-refractivity contribution is -0.130. The molecule has 4 nitrogen and oxygen atoms in total. The minimum Gasteiger partial charge on any atom is -0.354 e. The summed E-state index contributed by atoms with van der Waals surface area (Å²) in [6, 6.07) is 0. The molecule has 0 atom stereocenters. The van der Waals surface area contributed by atoms with Gasteiger partial charge in [0.1, 0.15) is 6.54 Å². The number of hydrogen-bond donors (Lipinski definition) is 1. The summed E-state index contributed by atoms with van der Waals surface area (Å²) >= 11 is 2.84. The molecule has 1 fully saturated rings. The Bertz CT molecular complexity index is 280. The molecule has 0 aromatic carbocycles. The van der Waals surface area contributed by atoms with E-state index in [1.165, 1.54) is 4.90 Å². The Morgan fingerprint density at radius 3 is 3.08 bits per heavy atom. The quantitative estimate of drug-likeness (QED) is 0.595. The average molecular weight is 245 g/mol. The van der Waals surface area contributed by atoms with Gasteiger partial charge in [-0.2, -0.15) is 0 Å². The fourth-order valence-electron chi connectivity index (χ4n) is 1.10. The molecule has 2 amide bonds. The molecule has 0 radical (unpaired) electrons. The smallest absolute Gasteiger partial charge is 0.299 e. The molecule has 0 unspecified atom stereocenters. The number of nitrogens with zero attached hydrogens (tertiary/aromatic N) is 1. The van der Waals surface area contributed by atoms with E-state index in [0.717, 1.165) is 6.42 Å². The van der Waals surface area contributed by atoms with Crippen LogP contribution in [0.5, 0.6) is 0 Å². The van der Waals surface area contributed by atoms with E-state index in [-0.39, 0.29) is 18.4 Å². The lowest BCUT2D eigenvalue weighted by Crippen LogP contribution is -2.36. The highest BCUT2D eigenvalue weighted by atomic mass is 79.9. The van der Waals surface area contributed by atoms with E-state index >= 15 is 0 Å². The summed E-state index contributed by atoms with van der Waals surface area (Å²) in [6.45, 7) is 1.32. The Hall–Kier alpha value is -1.02. The van der Waals surface area contributed by atoms with Crippen LogP contribution in [0.4, 0.5) is 0 Å². The normalized spacial score (nSPS) is 16.7. The van der Waals surface area contributed by atoms with Gasteiger partial charge in [-0.3, -0.25) is 9.59 Å². The molecule has 5 heteroatoms. The van der Waals surface area contributed by atoms with Gasteiger partial charge in [0.05, 0.1) is 0 Å². The first-order valence-corrected chi connectivity index (χ1v) is 4.70. The fourth-order valence-corrected chi connectivity index (χ4v) is 1.27. The third-order valence-electron chi connectivity index (χ3n) is 1.70. The molecule has 1 saturated heterocycles. The lowest BCUT2D eigenvalue weighted by Gasteiger charge is -2.14. The van der Waals surface area contributed by atoms with Crippen molar-refractivity contribution in [2.45, 2.75) is 6.42 Å². The molecule has 0 aromatic heterocycles. The fraction of sp³-hybridized carbons (Fsp3) is 0.500. The maximum Gasteiger partial charge on any atom is 0.299 e.